The summed E-state index contributed by atoms with van der Waals surface area (Å²) in [7, 11) is 3.07. The quantitative estimate of drug-likeness (QED) is 0.333. The van der Waals surface area contributed by atoms with E-state index in [4.69, 9.17) is 9.47 Å². The first-order chi connectivity index (χ1) is 16.0. The molecular weight excluding hydrogens is 418 g/mol. The molecule has 1 aliphatic rings. The summed E-state index contributed by atoms with van der Waals surface area (Å²) in [6.45, 7) is 0.319. The van der Waals surface area contributed by atoms with Gasteiger partial charge in [0.25, 0.3) is 11.7 Å². The average molecular weight is 443 g/mol. The first-order valence-corrected chi connectivity index (χ1v) is 10.6. The molecule has 6 heteroatoms. The van der Waals surface area contributed by atoms with Crippen molar-refractivity contribution in [3.63, 3.8) is 0 Å². The van der Waals surface area contributed by atoms with E-state index < -0.39 is 17.7 Å². The van der Waals surface area contributed by atoms with Gasteiger partial charge in [-0.05, 0) is 29.7 Å². The lowest BCUT2D eigenvalue weighted by Crippen LogP contribution is -2.31. The molecule has 1 fully saturated rings. The van der Waals surface area contributed by atoms with E-state index in [2.05, 4.69) is 0 Å². The molecule has 168 valence electrons. The van der Waals surface area contributed by atoms with Crippen LogP contribution in [0.5, 0.6) is 11.5 Å². The van der Waals surface area contributed by atoms with E-state index in [1.165, 1.54) is 12.0 Å². The molecule has 1 aliphatic heterocycles. The summed E-state index contributed by atoms with van der Waals surface area (Å²) >= 11 is 0. The van der Waals surface area contributed by atoms with Crippen LogP contribution >= 0.6 is 0 Å². The second kappa shape index (κ2) is 9.61. The van der Waals surface area contributed by atoms with Crippen molar-refractivity contribution < 1.29 is 24.2 Å². The Morgan fingerprint density at radius 2 is 1.52 bits per heavy atom. The number of Topliss-reactive ketones (excluding diaryl/α,β-unsaturated/α-hetero) is 1. The number of hydrogen-bond donors (Lipinski definition) is 1. The van der Waals surface area contributed by atoms with Crippen molar-refractivity contribution in [1.82, 2.24) is 4.90 Å². The van der Waals surface area contributed by atoms with E-state index in [1.807, 2.05) is 36.4 Å². The predicted octanol–water partition coefficient (Wildman–Crippen LogP) is 4.37. The zero-order valence-electron chi connectivity index (χ0n) is 18.5. The van der Waals surface area contributed by atoms with Crippen LogP contribution in [0.3, 0.4) is 0 Å². The highest BCUT2D eigenvalue weighted by Crippen LogP contribution is 2.41. The third kappa shape index (κ3) is 4.32. The maximum absolute atomic E-state index is 13.1. The molecule has 0 radical (unpaired) electrons. The lowest BCUT2D eigenvalue weighted by atomic mass is 9.95. The predicted molar refractivity (Wildman–Crippen MR) is 125 cm³/mol. The van der Waals surface area contributed by atoms with E-state index in [-0.39, 0.29) is 11.3 Å². The number of hydrogen-bond acceptors (Lipinski definition) is 5. The van der Waals surface area contributed by atoms with Gasteiger partial charge in [-0.15, -0.1) is 0 Å². The second-order valence-electron chi connectivity index (χ2n) is 7.71. The van der Waals surface area contributed by atoms with Crippen molar-refractivity contribution in [1.29, 1.82) is 0 Å². The van der Waals surface area contributed by atoms with Gasteiger partial charge in [-0.3, -0.25) is 9.59 Å². The van der Waals surface area contributed by atoms with Gasteiger partial charge in [0.05, 0.1) is 25.8 Å². The number of carbonyl (C=O) groups excluding carboxylic acids is 2. The summed E-state index contributed by atoms with van der Waals surface area (Å²) in [5.74, 6) is -0.530. The number of ketones is 1. The summed E-state index contributed by atoms with van der Waals surface area (Å²) in [6.07, 6.45) is 0.572. The summed E-state index contributed by atoms with van der Waals surface area (Å²) in [5, 5.41) is 11.1. The number of benzene rings is 3. The van der Waals surface area contributed by atoms with Crippen LogP contribution in [0.25, 0.3) is 5.76 Å². The zero-order chi connectivity index (χ0) is 23.4. The Bertz CT molecular complexity index is 1190. The second-order valence-corrected chi connectivity index (χ2v) is 7.71. The Labute approximate surface area is 192 Å². The van der Waals surface area contributed by atoms with E-state index in [0.717, 1.165) is 5.56 Å². The van der Waals surface area contributed by atoms with Crippen LogP contribution in [0.1, 0.15) is 22.7 Å². The molecule has 1 heterocycles. The van der Waals surface area contributed by atoms with E-state index in [9.17, 15) is 14.7 Å². The highest BCUT2D eigenvalue weighted by Gasteiger charge is 2.46. The number of aliphatic hydroxyl groups is 1. The SMILES string of the molecule is COc1ccc([C@H]2C(=C(O)c3ccccc3)C(=O)C(=O)N2CCc2ccccc2)cc1OC. The Kier molecular flexibility index (Phi) is 6.45. The fourth-order valence-electron chi connectivity index (χ4n) is 4.13. The van der Waals surface area contributed by atoms with Crippen LogP contribution < -0.4 is 9.47 Å². The van der Waals surface area contributed by atoms with Crippen LogP contribution in [0.15, 0.2) is 84.4 Å². The minimum Gasteiger partial charge on any atom is -0.507 e. The maximum Gasteiger partial charge on any atom is 0.295 e. The van der Waals surface area contributed by atoms with Gasteiger partial charge in [0.2, 0.25) is 0 Å². The van der Waals surface area contributed by atoms with Crippen molar-refractivity contribution in [3.05, 3.63) is 101 Å². The summed E-state index contributed by atoms with van der Waals surface area (Å²) in [4.78, 5) is 27.8. The Hall–Kier alpha value is -4.06. The molecule has 1 N–H and O–H groups in total. The molecule has 0 saturated carbocycles. The van der Waals surface area contributed by atoms with Crippen molar-refractivity contribution >= 4 is 17.4 Å². The third-order valence-electron chi connectivity index (χ3n) is 5.79. The van der Waals surface area contributed by atoms with E-state index >= 15 is 0 Å². The van der Waals surface area contributed by atoms with E-state index in [1.54, 1.807) is 49.6 Å². The third-order valence-corrected chi connectivity index (χ3v) is 5.79. The smallest absolute Gasteiger partial charge is 0.295 e. The topological polar surface area (TPSA) is 76.1 Å². The monoisotopic (exact) mass is 443 g/mol. The van der Waals surface area contributed by atoms with Gasteiger partial charge in [-0.2, -0.15) is 0 Å². The van der Waals surface area contributed by atoms with E-state index in [0.29, 0.717) is 35.6 Å². The number of aliphatic hydroxyl groups excluding tert-OH is 1. The van der Waals surface area contributed by atoms with Crippen molar-refractivity contribution in [3.8, 4) is 11.5 Å². The van der Waals surface area contributed by atoms with Gasteiger partial charge in [0, 0.05) is 12.1 Å². The van der Waals surface area contributed by atoms with Crippen molar-refractivity contribution in [2.24, 2.45) is 0 Å². The fraction of sp³-hybridized carbons (Fsp3) is 0.185. The molecule has 4 rings (SSSR count). The molecule has 0 unspecified atom stereocenters. The van der Waals surface area contributed by atoms with Gasteiger partial charge in [-0.25, -0.2) is 0 Å². The minimum atomic E-state index is -0.756. The lowest BCUT2D eigenvalue weighted by Gasteiger charge is -2.26. The van der Waals surface area contributed by atoms with Crippen LogP contribution in [-0.2, 0) is 16.0 Å². The Morgan fingerprint density at radius 3 is 2.15 bits per heavy atom. The summed E-state index contributed by atoms with van der Waals surface area (Å²) < 4.78 is 10.8. The molecule has 33 heavy (non-hydrogen) atoms. The summed E-state index contributed by atoms with van der Waals surface area (Å²) in [6, 6.07) is 23.0. The molecular formula is C27H25NO5. The molecule has 1 saturated heterocycles. The molecule has 1 atom stereocenters. The highest BCUT2D eigenvalue weighted by atomic mass is 16.5. The number of nitrogens with zero attached hydrogens (tertiary/aromatic N) is 1. The molecule has 0 aromatic heterocycles. The number of methoxy groups -OCH3 is 2. The number of likely N-dealkylation sites (tertiary alicyclic amines) is 1. The number of amides is 1. The molecule has 0 spiro atoms. The molecule has 3 aromatic rings. The minimum absolute atomic E-state index is 0.0616. The van der Waals surface area contributed by atoms with Crippen LogP contribution in [0.2, 0.25) is 0 Å². The number of carbonyl (C=O) groups is 2. The van der Waals surface area contributed by atoms with Gasteiger partial charge < -0.3 is 19.5 Å². The van der Waals surface area contributed by atoms with Gasteiger partial charge in [0.15, 0.2) is 11.5 Å². The Morgan fingerprint density at radius 1 is 0.879 bits per heavy atom. The molecule has 0 aliphatic carbocycles. The first-order valence-electron chi connectivity index (χ1n) is 10.6. The number of ether oxygens (including phenoxy) is 2. The maximum atomic E-state index is 13.1. The van der Waals surface area contributed by atoms with Crippen molar-refractivity contribution in [2.75, 3.05) is 20.8 Å². The van der Waals surface area contributed by atoms with Crippen LogP contribution in [0.4, 0.5) is 0 Å². The molecule has 6 nitrogen and oxygen atoms in total. The fourth-order valence-corrected chi connectivity index (χ4v) is 4.13. The van der Waals surface area contributed by atoms with Crippen molar-refractivity contribution in [2.45, 2.75) is 12.5 Å². The van der Waals surface area contributed by atoms with Crippen LogP contribution in [0, 0.1) is 0 Å². The first kappa shape index (κ1) is 22.1. The van der Waals surface area contributed by atoms with Gasteiger partial charge in [0.1, 0.15) is 5.76 Å². The molecule has 3 aromatic carbocycles. The largest absolute Gasteiger partial charge is 0.507 e. The average Bonchev–Trinajstić information content (AvgIpc) is 3.12. The molecule has 1 amide bonds. The summed E-state index contributed by atoms with van der Waals surface area (Å²) in [5.41, 5.74) is 2.24. The highest BCUT2D eigenvalue weighted by molar-refractivity contribution is 6.46. The van der Waals surface area contributed by atoms with Gasteiger partial charge in [-0.1, -0.05) is 66.7 Å². The Balaban J connectivity index is 1.82. The standard InChI is InChI=1S/C27H25NO5/c1-32-21-14-13-20(17-22(21)33-2)24-23(25(29)19-11-7-4-8-12-19)26(30)27(31)28(24)16-15-18-9-5-3-6-10-18/h3-14,17,24,29H,15-16H2,1-2H3/t24-/m0/s1. The number of rotatable bonds is 7. The zero-order valence-corrected chi connectivity index (χ0v) is 18.5. The normalized spacial score (nSPS) is 17.3. The lowest BCUT2D eigenvalue weighted by molar-refractivity contribution is -0.139. The van der Waals surface area contributed by atoms with Gasteiger partial charge >= 0.3 is 0 Å². The molecule has 0 bridgehead atoms. The van der Waals surface area contributed by atoms with Crippen LogP contribution in [-0.4, -0.2) is 42.5 Å².